The van der Waals surface area contributed by atoms with Gasteiger partial charge in [0, 0.05) is 0 Å². The first-order chi connectivity index (χ1) is 11.6. The van der Waals surface area contributed by atoms with E-state index in [1.54, 1.807) is 0 Å². The van der Waals surface area contributed by atoms with Crippen molar-refractivity contribution < 1.29 is 14.3 Å². The zero-order chi connectivity index (χ0) is 17.0. The molecular formula is C19H26N2O3. The SMILES string of the molecule is Cc1ccccc1OCCN1C(=O)NC2(CCCCCCC2)C1=O. The van der Waals surface area contributed by atoms with E-state index in [1.165, 1.54) is 11.3 Å². The molecule has 1 N–H and O–H groups in total. The topological polar surface area (TPSA) is 58.6 Å². The Kier molecular flexibility index (Phi) is 5.07. The highest BCUT2D eigenvalue weighted by molar-refractivity contribution is 6.07. The van der Waals surface area contributed by atoms with Crippen molar-refractivity contribution in [2.45, 2.75) is 57.4 Å². The second-order valence-corrected chi connectivity index (χ2v) is 6.85. The van der Waals surface area contributed by atoms with E-state index in [-0.39, 0.29) is 11.9 Å². The van der Waals surface area contributed by atoms with Crippen LogP contribution in [0, 0.1) is 6.92 Å². The van der Waals surface area contributed by atoms with Gasteiger partial charge in [-0.3, -0.25) is 9.69 Å². The number of ether oxygens (including phenoxy) is 1. The molecule has 1 spiro atoms. The standard InChI is InChI=1S/C19H26N2O3/c1-15-9-5-6-10-16(15)24-14-13-21-17(22)19(20-18(21)23)11-7-3-2-4-8-12-19/h5-6,9-10H,2-4,7-8,11-14H2,1H3,(H,20,23). The number of aryl methyl sites for hydroxylation is 1. The average Bonchev–Trinajstić information content (AvgIpc) is 2.78. The van der Waals surface area contributed by atoms with Gasteiger partial charge in [-0.15, -0.1) is 0 Å². The molecule has 0 bridgehead atoms. The lowest BCUT2D eigenvalue weighted by atomic mass is 9.84. The number of carbonyl (C=O) groups is 2. The lowest BCUT2D eigenvalue weighted by molar-refractivity contribution is -0.132. The van der Waals surface area contributed by atoms with Gasteiger partial charge in [0.25, 0.3) is 5.91 Å². The fourth-order valence-electron chi connectivity index (χ4n) is 3.69. The van der Waals surface area contributed by atoms with Crippen LogP contribution >= 0.6 is 0 Å². The molecule has 1 aromatic carbocycles. The highest BCUT2D eigenvalue weighted by atomic mass is 16.5. The zero-order valence-electron chi connectivity index (χ0n) is 14.3. The number of urea groups is 1. The van der Waals surface area contributed by atoms with Crippen LogP contribution in [0.5, 0.6) is 5.75 Å². The third-order valence-electron chi connectivity index (χ3n) is 5.12. The van der Waals surface area contributed by atoms with Crippen molar-refractivity contribution in [3.8, 4) is 5.75 Å². The van der Waals surface area contributed by atoms with Crippen LogP contribution in [0.4, 0.5) is 4.79 Å². The first-order valence-corrected chi connectivity index (χ1v) is 8.95. The molecular weight excluding hydrogens is 304 g/mol. The Morgan fingerprint density at radius 3 is 2.46 bits per heavy atom. The summed E-state index contributed by atoms with van der Waals surface area (Å²) in [7, 11) is 0. The average molecular weight is 330 g/mol. The molecule has 3 amide bonds. The number of amides is 3. The van der Waals surface area contributed by atoms with Crippen molar-refractivity contribution in [1.82, 2.24) is 10.2 Å². The third-order valence-corrected chi connectivity index (χ3v) is 5.12. The minimum Gasteiger partial charge on any atom is -0.491 e. The number of carbonyl (C=O) groups excluding carboxylic acids is 2. The van der Waals surface area contributed by atoms with E-state index in [0.29, 0.717) is 13.2 Å². The van der Waals surface area contributed by atoms with E-state index in [4.69, 9.17) is 4.74 Å². The Labute approximate surface area is 143 Å². The maximum Gasteiger partial charge on any atom is 0.325 e. The van der Waals surface area contributed by atoms with Gasteiger partial charge in [0.1, 0.15) is 17.9 Å². The predicted octanol–water partition coefficient (Wildman–Crippen LogP) is 3.41. The van der Waals surface area contributed by atoms with Crippen molar-refractivity contribution in [2.24, 2.45) is 0 Å². The molecule has 0 aromatic heterocycles. The molecule has 1 heterocycles. The molecule has 1 saturated heterocycles. The van der Waals surface area contributed by atoms with Gasteiger partial charge in [-0.2, -0.15) is 0 Å². The van der Waals surface area contributed by atoms with Crippen molar-refractivity contribution in [2.75, 3.05) is 13.2 Å². The van der Waals surface area contributed by atoms with Gasteiger partial charge in [-0.25, -0.2) is 4.79 Å². The van der Waals surface area contributed by atoms with Crippen LogP contribution in [0.3, 0.4) is 0 Å². The lowest BCUT2D eigenvalue weighted by Gasteiger charge is -2.28. The Morgan fingerprint density at radius 2 is 1.75 bits per heavy atom. The van der Waals surface area contributed by atoms with Crippen molar-refractivity contribution in [1.29, 1.82) is 0 Å². The fraction of sp³-hybridized carbons (Fsp3) is 0.579. The largest absolute Gasteiger partial charge is 0.491 e. The number of hydrogen-bond donors (Lipinski definition) is 1. The molecule has 0 atom stereocenters. The minimum atomic E-state index is -0.667. The molecule has 0 unspecified atom stereocenters. The summed E-state index contributed by atoms with van der Waals surface area (Å²) in [5, 5.41) is 2.98. The highest BCUT2D eigenvalue weighted by Gasteiger charge is 2.50. The molecule has 24 heavy (non-hydrogen) atoms. The van der Waals surface area contributed by atoms with E-state index in [1.807, 2.05) is 31.2 Å². The minimum absolute atomic E-state index is 0.0669. The van der Waals surface area contributed by atoms with E-state index in [0.717, 1.165) is 49.8 Å². The summed E-state index contributed by atoms with van der Waals surface area (Å²) < 4.78 is 5.74. The van der Waals surface area contributed by atoms with Crippen LogP contribution in [0.2, 0.25) is 0 Å². The maximum atomic E-state index is 12.9. The summed E-state index contributed by atoms with van der Waals surface area (Å²) in [6.07, 6.45) is 7.02. The monoisotopic (exact) mass is 330 g/mol. The quantitative estimate of drug-likeness (QED) is 0.861. The predicted molar refractivity (Wildman–Crippen MR) is 92.0 cm³/mol. The van der Waals surface area contributed by atoms with Gasteiger partial charge in [0.2, 0.25) is 0 Å². The summed E-state index contributed by atoms with van der Waals surface area (Å²) in [6, 6.07) is 7.48. The van der Waals surface area contributed by atoms with E-state index < -0.39 is 5.54 Å². The lowest BCUT2D eigenvalue weighted by Crippen LogP contribution is -2.47. The van der Waals surface area contributed by atoms with E-state index in [9.17, 15) is 9.59 Å². The maximum absolute atomic E-state index is 12.9. The number of imide groups is 1. The van der Waals surface area contributed by atoms with Crippen molar-refractivity contribution in [3.63, 3.8) is 0 Å². The molecule has 1 saturated carbocycles. The van der Waals surface area contributed by atoms with Crippen molar-refractivity contribution >= 4 is 11.9 Å². The normalized spacial score (nSPS) is 20.6. The molecule has 1 aliphatic heterocycles. The molecule has 2 fully saturated rings. The number of hydrogen-bond acceptors (Lipinski definition) is 3. The van der Waals surface area contributed by atoms with Crippen LogP contribution in [-0.2, 0) is 4.79 Å². The van der Waals surface area contributed by atoms with Crippen LogP contribution < -0.4 is 10.1 Å². The Morgan fingerprint density at radius 1 is 1.08 bits per heavy atom. The van der Waals surface area contributed by atoms with Gasteiger partial charge in [-0.1, -0.05) is 50.3 Å². The number of nitrogens with zero attached hydrogens (tertiary/aromatic N) is 1. The molecule has 1 aliphatic carbocycles. The van der Waals surface area contributed by atoms with Gasteiger partial charge in [0.15, 0.2) is 0 Å². The first-order valence-electron chi connectivity index (χ1n) is 8.95. The highest BCUT2D eigenvalue weighted by Crippen LogP contribution is 2.32. The molecule has 5 heteroatoms. The molecule has 130 valence electrons. The number of benzene rings is 1. The smallest absolute Gasteiger partial charge is 0.325 e. The Hall–Kier alpha value is -2.04. The van der Waals surface area contributed by atoms with Crippen molar-refractivity contribution in [3.05, 3.63) is 29.8 Å². The van der Waals surface area contributed by atoms with E-state index >= 15 is 0 Å². The van der Waals surface area contributed by atoms with Gasteiger partial charge < -0.3 is 10.1 Å². The van der Waals surface area contributed by atoms with Crippen LogP contribution in [-0.4, -0.2) is 35.5 Å². The van der Waals surface area contributed by atoms with Crippen LogP contribution in [0.15, 0.2) is 24.3 Å². The van der Waals surface area contributed by atoms with Crippen LogP contribution in [0.25, 0.3) is 0 Å². The Bertz CT molecular complexity index is 606. The van der Waals surface area contributed by atoms with E-state index in [2.05, 4.69) is 5.32 Å². The second kappa shape index (κ2) is 7.24. The summed E-state index contributed by atoms with van der Waals surface area (Å²) >= 11 is 0. The van der Waals surface area contributed by atoms with Gasteiger partial charge in [-0.05, 0) is 31.4 Å². The summed E-state index contributed by atoms with van der Waals surface area (Å²) in [4.78, 5) is 26.5. The summed E-state index contributed by atoms with van der Waals surface area (Å²) in [5.74, 6) is 0.730. The second-order valence-electron chi connectivity index (χ2n) is 6.85. The molecule has 2 aliphatic rings. The Balaban J connectivity index is 1.61. The zero-order valence-corrected chi connectivity index (χ0v) is 14.3. The number of nitrogens with one attached hydrogen (secondary N) is 1. The van der Waals surface area contributed by atoms with Crippen LogP contribution in [0.1, 0.15) is 50.5 Å². The molecule has 0 radical (unpaired) electrons. The fourth-order valence-corrected chi connectivity index (χ4v) is 3.69. The van der Waals surface area contributed by atoms with Gasteiger partial charge >= 0.3 is 6.03 Å². The number of para-hydroxylation sites is 1. The summed E-state index contributed by atoms with van der Waals surface area (Å²) in [5.41, 5.74) is 0.381. The first kappa shape index (κ1) is 16.8. The molecule has 1 aromatic rings. The molecule has 5 nitrogen and oxygen atoms in total. The number of rotatable bonds is 4. The summed E-state index contributed by atoms with van der Waals surface area (Å²) in [6.45, 7) is 2.59. The van der Waals surface area contributed by atoms with Gasteiger partial charge in [0.05, 0.1) is 6.54 Å². The molecule has 3 rings (SSSR count). The third kappa shape index (κ3) is 3.40.